The molecule has 0 aromatic rings. The van der Waals surface area contributed by atoms with Gasteiger partial charge in [-0.3, -0.25) is 9.59 Å². The van der Waals surface area contributed by atoms with Gasteiger partial charge in [-0.15, -0.1) is 0 Å². The fraction of sp³-hybridized carbons (Fsp3) is 0.846. The maximum atomic E-state index is 12.5. The minimum absolute atomic E-state index is 0.0529. The Kier molecular flexibility index (Phi) is 6.15. The van der Waals surface area contributed by atoms with Gasteiger partial charge < -0.3 is 10.1 Å². The third-order valence-electron chi connectivity index (χ3n) is 3.59. The number of nitrogens with zero attached hydrogens (tertiary/aromatic N) is 1. The van der Waals surface area contributed by atoms with Crippen LogP contribution in [-0.2, 0) is 24.3 Å². The fourth-order valence-electron chi connectivity index (χ4n) is 2.59. The van der Waals surface area contributed by atoms with E-state index in [1.54, 1.807) is 13.8 Å². The van der Waals surface area contributed by atoms with E-state index < -0.39 is 27.2 Å². The van der Waals surface area contributed by atoms with Crippen molar-refractivity contribution in [2.45, 2.75) is 44.4 Å². The Hall–Kier alpha value is -1.15. The van der Waals surface area contributed by atoms with Crippen LogP contribution in [0.3, 0.4) is 0 Å². The van der Waals surface area contributed by atoms with Gasteiger partial charge in [0.2, 0.25) is 15.9 Å². The number of nitrogens with one attached hydrogen (secondary N) is 1. The van der Waals surface area contributed by atoms with Gasteiger partial charge in [-0.1, -0.05) is 6.42 Å². The van der Waals surface area contributed by atoms with Crippen molar-refractivity contribution < 1.29 is 22.7 Å². The number of rotatable bonds is 6. The maximum Gasteiger partial charge on any atom is 0.310 e. The number of hydrogen-bond donors (Lipinski definition) is 1. The third kappa shape index (κ3) is 4.41. The summed E-state index contributed by atoms with van der Waals surface area (Å²) in [6.07, 6.45) is 1.58. The van der Waals surface area contributed by atoms with Gasteiger partial charge in [-0.25, -0.2) is 8.42 Å². The summed E-state index contributed by atoms with van der Waals surface area (Å²) in [6, 6.07) is -0.0529. The molecule has 2 unspecified atom stereocenters. The first kappa shape index (κ1) is 17.9. The molecular weight excluding hydrogens is 296 g/mol. The Morgan fingerprint density at radius 2 is 1.95 bits per heavy atom. The van der Waals surface area contributed by atoms with Crippen LogP contribution in [0.4, 0.5) is 0 Å². The molecular formula is C13H24N2O5S. The molecule has 0 heterocycles. The molecule has 0 aromatic heterocycles. The summed E-state index contributed by atoms with van der Waals surface area (Å²) in [7, 11) is -1.09. The molecule has 1 fully saturated rings. The van der Waals surface area contributed by atoms with Crippen LogP contribution in [0.15, 0.2) is 0 Å². The predicted molar refractivity (Wildman–Crippen MR) is 78.0 cm³/mol. The van der Waals surface area contributed by atoms with Crippen LogP contribution in [0, 0.1) is 5.92 Å². The average molecular weight is 320 g/mol. The lowest BCUT2D eigenvalue weighted by atomic mass is 10.1. The van der Waals surface area contributed by atoms with Crippen LogP contribution >= 0.6 is 0 Å². The van der Waals surface area contributed by atoms with Gasteiger partial charge in [0.25, 0.3) is 0 Å². The molecule has 1 rings (SSSR count). The van der Waals surface area contributed by atoms with E-state index in [2.05, 4.69) is 10.1 Å². The summed E-state index contributed by atoms with van der Waals surface area (Å²) in [5.41, 5.74) is 0. The molecule has 7 nitrogen and oxygen atoms in total. The number of sulfonamides is 1. The van der Waals surface area contributed by atoms with Crippen molar-refractivity contribution in [1.82, 2.24) is 9.62 Å². The van der Waals surface area contributed by atoms with Gasteiger partial charge in [0.15, 0.2) is 0 Å². The quantitative estimate of drug-likeness (QED) is 0.701. The molecule has 0 aliphatic heterocycles. The van der Waals surface area contributed by atoms with Crippen molar-refractivity contribution in [2.75, 3.05) is 20.7 Å². The van der Waals surface area contributed by atoms with E-state index in [9.17, 15) is 18.0 Å². The Morgan fingerprint density at radius 1 is 1.33 bits per heavy atom. The summed E-state index contributed by atoms with van der Waals surface area (Å²) in [4.78, 5) is 23.4. The van der Waals surface area contributed by atoms with Crippen molar-refractivity contribution in [1.29, 1.82) is 0 Å². The van der Waals surface area contributed by atoms with Gasteiger partial charge in [0.1, 0.15) is 0 Å². The Morgan fingerprint density at radius 3 is 2.48 bits per heavy atom. The first-order chi connectivity index (χ1) is 9.70. The number of likely N-dealkylation sites (N-methyl/N-ethyl adjacent to an activating group) is 1. The van der Waals surface area contributed by atoms with E-state index in [0.29, 0.717) is 19.3 Å². The number of carbonyl (C=O) groups excluding carboxylic acids is 2. The monoisotopic (exact) mass is 320 g/mol. The molecule has 122 valence electrons. The molecule has 0 aromatic carbocycles. The Bertz CT molecular complexity index is 489. The highest BCUT2D eigenvalue weighted by molar-refractivity contribution is 7.89. The van der Waals surface area contributed by atoms with Crippen LogP contribution < -0.4 is 5.32 Å². The molecule has 1 amide bonds. The van der Waals surface area contributed by atoms with Crippen molar-refractivity contribution in [3.63, 3.8) is 0 Å². The maximum absolute atomic E-state index is 12.5. The van der Waals surface area contributed by atoms with Crippen molar-refractivity contribution in [3.05, 3.63) is 0 Å². The first-order valence-electron chi connectivity index (χ1n) is 7.02. The summed E-state index contributed by atoms with van der Waals surface area (Å²) in [5, 5.41) is 1.84. The number of methoxy groups -OCH3 is 1. The largest absolute Gasteiger partial charge is 0.469 e. The predicted octanol–water partition coefficient (Wildman–Crippen LogP) is 0.114. The molecule has 0 radical (unpaired) electrons. The standard InChI is InChI=1S/C13H24N2O5S/c1-9(2)14-12(16)8-15(3)21(18,19)11-7-5-6-10(11)13(17)20-4/h9-11H,5-8H2,1-4H3,(H,14,16). The number of hydrogen-bond acceptors (Lipinski definition) is 5. The van der Waals surface area contributed by atoms with E-state index in [0.717, 1.165) is 4.31 Å². The first-order valence-corrected chi connectivity index (χ1v) is 8.52. The molecule has 1 saturated carbocycles. The number of carbonyl (C=O) groups is 2. The molecule has 0 spiro atoms. The van der Waals surface area contributed by atoms with Crippen LogP contribution in [-0.4, -0.2) is 56.6 Å². The van der Waals surface area contributed by atoms with Crippen LogP contribution in [0.25, 0.3) is 0 Å². The van der Waals surface area contributed by atoms with Gasteiger partial charge in [0.05, 0.1) is 24.8 Å². The van der Waals surface area contributed by atoms with E-state index in [1.807, 2.05) is 0 Å². The smallest absolute Gasteiger partial charge is 0.310 e. The average Bonchev–Trinajstić information content (AvgIpc) is 2.86. The minimum atomic E-state index is -3.70. The fourth-order valence-corrected chi connectivity index (χ4v) is 4.48. The minimum Gasteiger partial charge on any atom is -0.469 e. The Labute approximate surface area is 126 Å². The van der Waals surface area contributed by atoms with Crippen molar-refractivity contribution in [2.24, 2.45) is 5.92 Å². The number of amides is 1. The van der Waals surface area contributed by atoms with E-state index >= 15 is 0 Å². The van der Waals surface area contributed by atoms with Crippen LogP contribution in [0.2, 0.25) is 0 Å². The van der Waals surface area contributed by atoms with E-state index in [4.69, 9.17) is 0 Å². The second-order valence-electron chi connectivity index (χ2n) is 5.62. The van der Waals surface area contributed by atoms with Gasteiger partial charge in [-0.2, -0.15) is 4.31 Å². The zero-order valence-electron chi connectivity index (χ0n) is 13.0. The normalized spacial score (nSPS) is 22.6. The van der Waals surface area contributed by atoms with Gasteiger partial charge in [-0.05, 0) is 26.7 Å². The molecule has 0 bridgehead atoms. The zero-order valence-corrected chi connectivity index (χ0v) is 13.8. The summed E-state index contributed by atoms with van der Waals surface area (Å²) < 4.78 is 30.7. The number of esters is 1. The highest BCUT2D eigenvalue weighted by Crippen LogP contribution is 2.33. The molecule has 1 N–H and O–H groups in total. The lowest BCUT2D eigenvalue weighted by Crippen LogP contribution is -2.45. The number of ether oxygens (including phenoxy) is 1. The lowest BCUT2D eigenvalue weighted by molar-refractivity contribution is -0.145. The summed E-state index contributed by atoms with van der Waals surface area (Å²) >= 11 is 0. The molecule has 21 heavy (non-hydrogen) atoms. The molecule has 2 atom stereocenters. The highest BCUT2D eigenvalue weighted by atomic mass is 32.2. The summed E-state index contributed by atoms with van der Waals surface area (Å²) in [5.74, 6) is -1.50. The van der Waals surface area contributed by atoms with Gasteiger partial charge in [0, 0.05) is 13.1 Å². The second-order valence-corrected chi connectivity index (χ2v) is 7.88. The topological polar surface area (TPSA) is 92.8 Å². The zero-order chi connectivity index (χ0) is 16.2. The molecule has 8 heteroatoms. The molecule has 1 aliphatic rings. The highest BCUT2D eigenvalue weighted by Gasteiger charge is 2.44. The molecule has 0 saturated heterocycles. The van der Waals surface area contributed by atoms with Crippen molar-refractivity contribution >= 4 is 21.9 Å². The van der Waals surface area contributed by atoms with Gasteiger partial charge >= 0.3 is 5.97 Å². The second kappa shape index (κ2) is 7.22. The molecule has 1 aliphatic carbocycles. The van der Waals surface area contributed by atoms with E-state index in [1.165, 1.54) is 14.2 Å². The van der Waals surface area contributed by atoms with Crippen LogP contribution in [0.5, 0.6) is 0 Å². The summed E-state index contributed by atoms with van der Waals surface area (Å²) in [6.45, 7) is 3.36. The van der Waals surface area contributed by atoms with E-state index in [-0.39, 0.29) is 18.5 Å². The van der Waals surface area contributed by atoms with Crippen molar-refractivity contribution in [3.8, 4) is 0 Å². The van der Waals surface area contributed by atoms with Crippen LogP contribution in [0.1, 0.15) is 33.1 Å². The third-order valence-corrected chi connectivity index (χ3v) is 5.92. The lowest BCUT2D eigenvalue weighted by Gasteiger charge is -2.24. The SMILES string of the molecule is COC(=O)C1CCCC1S(=O)(=O)N(C)CC(=O)NC(C)C. The Balaban J connectivity index is 2.79.